The molecule has 21 heteroatoms. The number of Topliss-reactive ketones (excluding diaryl/α,β-unsaturated/α-hetero) is 1. The second kappa shape index (κ2) is 28.8. The highest BCUT2D eigenvalue weighted by Gasteiger charge is 2.45. The maximum atomic E-state index is 15.0. The van der Waals surface area contributed by atoms with E-state index in [1.807, 2.05) is 60.6 Å². The number of ketones is 1. The fourth-order valence-corrected chi connectivity index (χ4v) is 15.9. The molecule has 2 bridgehead atoms. The van der Waals surface area contributed by atoms with Crippen LogP contribution >= 0.6 is 11.6 Å². The van der Waals surface area contributed by atoms with E-state index in [1.165, 1.54) is 28.0 Å². The average Bonchev–Trinajstić information content (AvgIpc) is 1.85. The van der Waals surface area contributed by atoms with Crippen molar-refractivity contribution in [2.24, 2.45) is 43.3 Å². The highest BCUT2D eigenvalue weighted by atomic mass is 35.5. The molecule has 6 atom stereocenters. The molecule has 2 N–H and O–H groups in total. The Balaban J connectivity index is 0.000000253. The minimum Gasteiger partial charge on any atom is -0.490 e. The predicted molar refractivity (Wildman–Crippen MR) is 335 cm³/mol. The number of benzene rings is 2. The maximum Gasteiger partial charge on any atom is 0.337 e. The molecule has 7 heterocycles. The summed E-state index contributed by atoms with van der Waals surface area (Å²) < 4.78 is 48.6. The second-order valence-electron chi connectivity index (χ2n) is 24.8. The van der Waals surface area contributed by atoms with Gasteiger partial charge in [0.2, 0.25) is 0 Å². The minimum atomic E-state index is -3.31. The summed E-state index contributed by atoms with van der Waals surface area (Å²) in [6, 6.07) is 17.7. The summed E-state index contributed by atoms with van der Waals surface area (Å²) in [5.41, 5.74) is 6.86. The molecule has 2 aliphatic carbocycles. The van der Waals surface area contributed by atoms with Crippen LogP contribution in [-0.2, 0) is 70.0 Å². The third kappa shape index (κ3) is 15.9. The minimum absolute atomic E-state index is 0.0469. The fourth-order valence-electron chi connectivity index (χ4n) is 13.4. The van der Waals surface area contributed by atoms with Gasteiger partial charge < -0.3 is 47.8 Å². The SMILES string of the molecule is CN(Cc1cc(C(=O)O)cn1C)C1CCOCC1.CO[C@H]1/C=C/C[C@H](C)C[S@@](=O)(CC(=O)c2cc(CN(C)C3CCOCC3)n(C)c2)=NC(=O)c2ccc3c(c2)N(C[C@@H]2CC[C@H]21)C[C@@]1(CCCc2cc(Cl)ccc21)CO3.Cn1cc(C(=O)O)cc1C=O. The van der Waals surface area contributed by atoms with E-state index in [0.29, 0.717) is 72.2 Å². The molecule has 2 aromatic carbocycles. The van der Waals surface area contributed by atoms with Crippen molar-refractivity contribution in [2.45, 2.75) is 108 Å². The largest absolute Gasteiger partial charge is 0.490 e. The predicted octanol–water partition coefficient (Wildman–Crippen LogP) is 9.76. The van der Waals surface area contributed by atoms with Crippen LogP contribution in [0.4, 0.5) is 5.69 Å². The zero-order valence-electron chi connectivity index (χ0n) is 51.4. The van der Waals surface area contributed by atoms with Crippen LogP contribution in [0.2, 0.25) is 5.02 Å². The van der Waals surface area contributed by atoms with Crippen molar-refractivity contribution < 1.29 is 57.3 Å². The van der Waals surface area contributed by atoms with Crippen LogP contribution in [0.5, 0.6) is 5.75 Å². The number of ether oxygens (including phenoxy) is 4. The Bertz CT molecular complexity index is 3440. The normalized spacial score (nSPS) is 24.6. The first-order valence-corrected chi connectivity index (χ1v) is 32.6. The van der Waals surface area contributed by atoms with Crippen LogP contribution in [0.15, 0.2) is 89.7 Å². The third-order valence-electron chi connectivity index (χ3n) is 18.6. The Hall–Kier alpha value is -6.39. The van der Waals surface area contributed by atoms with Gasteiger partial charge in [0.05, 0.1) is 50.7 Å². The molecule has 87 heavy (non-hydrogen) atoms. The quantitative estimate of drug-likeness (QED) is 0.0637. The monoisotopic (exact) mass is 1240 g/mol. The molecule has 19 nitrogen and oxygen atoms in total. The van der Waals surface area contributed by atoms with Gasteiger partial charge in [-0.15, -0.1) is 0 Å². The summed E-state index contributed by atoms with van der Waals surface area (Å²) in [7, 11) is 8.11. The van der Waals surface area contributed by atoms with Crippen LogP contribution in [-0.4, -0.2) is 165 Å². The summed E-state index contributed by atoms with van der Waals surface area (Å²) >= 11 is 6.50. The van der Waals surface area contributed by atoms with Gasteiger partial charge in [0.15, 0.2) is 12.1 Å². The molecule has 11 rings (SSSR count). The number of methoxy groups -OCH3 is 1. The number of aryl methyl sites for hydroxylation is 4. The van der Waals surface area contributed by atoms with Gasteiger partial charge >= 0.3 is 11.9 Å². The number of hydrogen-bond donors (Lipinski definition) is 2. The van der Waals surface area contributed by atoms with Crippen LogP contribution in [0.25, 0.3) is 0 Å². The van der Waals surface area contributed by atoms with E-state index in [1.54, 1.807) is 32.5 Å². The van der Waals surface area contributed by atoms with E-state index in [2.05, 4.69) is 57.4 Å². The van der Waals surface area contributed by atoms with Gasteiger partial charge in [0, 0.05) is 150 Å². The first-order chi connectivity index (χ1) is 41.6. The Morgan fingerprint density at radius 2 is 1.45 bits per heavy atom. The molecule has 1 spiro atoms. The molecular weight excluding hydrogens is 1150 g/mol. The van der Waals surface area contributed by atoms with Crippen molar-refractivity contribution in [1.82, 2.24) is 23.5 Å². The molecule has 5 aromatic rings. The van der Waals surface area contributed by atoms with Crippen LogP contribution in [0.3, 0.4) is 0 Å². The van der Waals surface area contributed by atoms with E-state index in [9.17, 15) is 28.2 Å². The van der Waals surface area contributed by atoms with Crippen molar-refractivity contribution in [2.75, 3.05) is 83.7 Å². The Morgan fingerprint density at radius 1 is 0.828 bits per heavy atom. The van der Waals surface area contributed by atoms with Crippen molar-refractivity contribution in [1.29, 1.82) is 0 Å². The van der Waals surface area contributed by atoms with E-state index in [-0.39, 0.29) is 40.3 Å². The van der Waals surface area contributed by atoms with Crippen molar-refractivity contribution in [3.63, 3.8) is 0 Å². The number of carboxylic acids is 2. The Labute approximate surface area is 516 Å². The molecule has 4 aliphatic heterocycles. The number of carbonyl (C=O) groups excluding carboxylic acids is 3. The number of fused-ring (bicyclic) bond motifs is 4. The van der Waals surface area contributed by atoms with Crippen LogP contribution in [0, 0.1) is 17.8 Å². The number of carboxylic acid groups (broad SMARTS) is 2. The maximum absolute atomic E-state index is 15.0. The number of rotatable bonds is 13. The topological polar surface area (TPSA) is 217 Å². The summed E-state index contributed by atoms with van der Waals surface area (Å²) in [5.74, 6) is -1.56. The Morgan fingerprint density at radius 3 is 2.02 bits per heavy atom. The molecule has 2 saturated heterocycles. The highest BCUT2D eigenvalue weighted by molar-refractivity contribution is 7.94. The summed E-state index contributed by atoms with van der Waals surface area (Å²) in [5, 5.41) is 18.2. The molecule has 3 fully saturated rings. The lowest BCUT2D eigenvalue weighted by atomic mass is 9.68. The van der Waals surface area contributed by atoms with Crippen molar-refractivity contribution in [3.05, 3.63) is 141 Å². The first-order valence-electron chi connectivity index (χ1n) is 30.4. The molecular formula is C66H86ClN7O12S. The Kier molecular flexibility index (Phi) is 21.6. The number of anilines is 1. The first kappa shape index (κ1) is 65.1. The lowest BCUT2D eigenvalue weighted by Gasteiger charge is -2.46. The summed E-state index contributed by atoms with van der Waals surface area (Å²) in [6.07, 6.45) is 19.6. The lowest BCUT2D eigenvalue weighted by Crippen LogP contribution is -2.49. The number of halogens is 1. The van der Waals surface area contributed by atoms with Crippen LogP contribution < -0.4 is 9.64 Å². The number of aromatic nitrogens is 3. The molecule has 0 radical (unpaired) electrons. The third-order valence-corrected chi connectivity index (χ3v) is 21.1. The van der Waals surface area contributed by atoms with Crippen molar-refractivity contribution in [3.8, 4) is 5.75 Å². The van der Waals surface area contributed by atoms with Crippen LogP contribution in [0.1, 0.15) is 139 Å². The number of amides is 1. The van der Waals surface area contributed by atoms with E-state index < -0.39 is 27.6 Å². The summed E-state index contributed by atoms with van der Waals surface area (Å²) in [4.78, 5) is 66.9. The van der Waals surface area contributed by atoms with Gasteiger partial charge in [0.1, 0.15) is 5.75 Å². The average molecular weight is 1240 g/mol. The van der Waals surface area contributed by atoms with Gasteiger partial charge in [0.25, 0.3) is 5.91 Å². The fraction of sp³-hybridized carbons (Fsp3) is 0.530. The number of hydrogen-bond acceptors (Lipinski definition) is 13. The standard InChI is InChI=1S/C46H59ClN4O6S.C13H20N2O3.C7H7NO3/c1-31-7-5-9-43(55-4)39-13-10-34(39)25-51-29-46(18-6-8-32-21-36(47)12-14-40(32)46)30-57-44-15-11-33(23-41(44)51)45(53)48-58(54,27-31)28-42(52)35-22-38(49(2)24-35)26-50(3)37-16-19-56-20-17-37;1-14-8-10(13(16)17)7-12(14)9-15(2)11-3-5-18-6-4-11;1-8-3-5(7(10)11)2-6(8)4-9/h5,9,11-12,14-15,21-24,31,34,37,39,43H,6-8,10,13,16-20,25-30H2,1-4H3;7-8,11H,3-6,9H2,1-2H3,(H,16,17);2-4H,1H3,(H,10,11)/b9-5+;;/t31-,34-,39+,43-,46-,58+;;/m0../s1. The lowest BCUT2D eigenvalue weighted by molar-refractivity contribution is 0.0131. The van der Waals surface area contributed by atoms with E-state index in [4.69, 9.17) is 40.8 Å². The molecule has 470 valence electrons. The number of nitrogens with zero attached hydrogens (tertiary/aromatic N) is 7. The summed E-state index contributed by atoms with van der Waals surface area (Å²) in [6.45, 7) is 8.67. The number of allylic oxidation sites excluding steroid dienone is 1. The second-order valence-corrected chi connectivity index (χ2v) is 27.6. The van der Waals surface area contributed by atoms with Gasteiger partial charge in [-0.3, -0.25) is 24.2 Å². The highest BCUT2D eigenvalue weighted by Crippen LogP contribution is 2.47. The molecule has 3 aromatic heterocycles. The number of aldehydes is 1. The molecule has 0 unspecified atom stereocenters. The number of carbonyl (C=O) groups is 5. The van der Waals surface area contributed by atoms with E-state index in [0.717, 1.165) is 132 Å². The zero-order chi connectivity index (χ0) is 62.2. The van der Waals surface area contributed by atoms with Gasteiger partial charge in [-0.1, -0.05) is 36.7 Å². The molecule has 1 amide bonds. The van der Waals surface area contributed by atoms with Crippen molar-refractivity contribution >= 4 is 56.9 Å². The smallest absolute Gasteiger partial charge is 0.337 e. The van der Waals surface area contributed by atoms with E-state index >= 15 is 0 Å². The van der Waals surface area contributed by atoms with Gasteiger partial charge in [-0.25, -0.2) is 13.8 Å². The van der Waals surface area contributed by atoms with Gasteiger partial charge in [-0.2, -0.15) is 4.36 Å². The molecule has 6 aliphatic rings. The zero-order valence-corrected chi connectivity index (χ0v) is 52.9. The van der Waals surface area contributed by atoms with Gasteiger partial charge in [-0.05, 0) is 156 Å². The molecule has 1 saturated carbocycles. The number of aromatic carboxylic acids is 2.